The van der Waals surface area contributed by atoms with Gasteiger partial charge >= 0.3 is 0 Å². The van der Waals surface area contributed by atoms with E-state index < -0.39 is 0 Å². The van der Waals surface area contributed by atoms with E-state index >= 15 is 0 Å². The molecule has 0 spiro atoms. The molecule has 2 aromatic rings. The summed E-state index contributed by atoms with van der Waals surface area (Å²) in [5.41, 5.74) is 7.13. The van der Waals surface area contributed by atoms with Crippen LogP contribution in [0, 0.1) is 0 Å². The van der Waals surface area contributed by atoms with Crippen molar-refractivity contribution in [1.29, 1.82) is 0 Å². The molecule has 1 atom stereocenters. The summed E-state index contributed by atoms with van der Waals surface area (Å²) in [4.78, 5) is 4.00. The van der Waals surface area contributed by atoms with Gasteiger partial charge < -0.3 is 15.0 Å². The predicted molar refractivity (Wildman–Crippen MR) is 76.0 cm³/mol. The normalized spacial score (nSPS) is 12.3. The number of hydrogen-bond acceptors (Lipinski definition) is 3. The highest BCUT2D eigenvalue weighted by Gasteiger charge is 2.02. The van der Waals surface area contributed by atoms with Crippen molar-refractivity contribution in [3.05, 3.63) is 48.5 Å². The van der Waals surface area contributed by atoms with Gasteiger partial charge in [0.05, 0.1) is 12.9 Å². The van der Waals surface area contributed by atoms with Crippen molar-refractivity contribution in [2.75, 3.05) is 6.61 Å². The van der Waals surface area contributed by atoms with Gasteiger partial charge in [0, 0.05) is 25.0 Å². The van der Waals surface area contributed by atoms with Crippen molar-refractivity contribution < 1.29 is 4.74 Å². The number of rotatable bonds is 7. The first kappa shape index (κ1) is 13.6. The van der Waals surface area contributed by atoms with E-state index in [-0.39, 0.29) is 6.04 Å². The van der Waals surface area contributed by atoms with Crippen LogP contribution in [0.3, 0.4) is 0 Å². The van der Waals surface area contributed by atoms with Crippen LogP contribution in [-0.2, 0) is 6.54 Å². The molecule has 0 aliphatic carbocycles. The summed E-state index contributed by atoms with van der Waals surface area (Å²) in [7, 11) is 0. The smallest absolute Gasteiger partial charge is 0.119 e. The zero-order valence-corrected chi connectivity index (χ0v) is 11.3. The van der Waals surface area contributed by atoms with E-state index in [1.54, 1.807) is 6.20 Å². The number of benzene rings is 1. The number of aryl methyl sites for hydroxylation is 1. The van der Waals surface area contributed by atoms with Gasteiger partial charge in [-0.1, -0.05) is 19.1 Å². The average molecular weight is 259 g/mol. The topological polar surface area (TPSA) is 53.1 Å². The second-order valence-electron chi connectivity index (χ2n) is 4.59. The van der Waals surface area contributed by atoms with Crippen LogP contribution in [-0.4, -0.2) is 16.2 Å². The number of imidazole rings is 1. The summed E-state index contributed by atoms with van der Waals surface area (Å²) in [6, 6.07) is 8.18. The standard InChI is InChI=1S/C15H21N3O/c1-2-15(16)13-4-6-14(7-5-13)19-11-3-9-18-10-8-17-12-18/h4-8,10,12,15H,2-3,9,11,16H2,1H3/t15-/m0/s1. The van der Waals surface area contributed by atoms with Gasteiger partial charge in [-0.3, -0.25) is 0 Å². The SMILES string of the molecule is CC[C@H](N)c1ccc(OCCCn2ccnc2)cc1. The Morgan fingerprint density at radius 2 is 2.11 bits per heavy atom. The molecular weight excluding hydrogens is 238 g/mol. The maximum absolute atomic E-state index is 5.97. The molecule has 4 heteroatoms. The van der Waals surface area contributed by atoms with Gasteiger partial charge in [0.1, 0.15) is 5.75 Å². The molecular formula is C15H21N3O. The Morgan fingerprint density at radius 3 is 2.74 bits per heavy atom. The van der Waals surface area contributed by atoms with Gasteiger partial charge in [0.2, 0.25) is 0 Å². The third kappa shape index (κ3) is 4.10. The highest BCUT2D eigenvalue weighted by molar-refractivity contribution is 5.28. The Kier molecular flexibility index (Phi) is 4.98. The number of aromatic nitrogens is 2. The molecule has 0 aliphatic heterocycles. The van der Waals surface area contributed by atoms with Crippen LogP contribution in [0.1, 0.15) is 31.4 Å². The molecule has 2 N–H and O–H groups in total. The predicted octanol–water partition coefficient (Wildman–Crippen LogP) is 2.76. The zero-order chi connectivity index (χ0) is 13.5. The Balaban J connectivity index is 1.74. The molecule has 0 aliphatic rings. The molecule has 0 saturated carbocycles. The number of hydrogen-bond donors (Lipinski definition) is 1. The number of nitrogens with zero attached hydrogens (tertiary/aromatic N) is 2. The maximum Gasteiger partial charge on any atom is 0.119 e. The molecule has 0 saturated heterocycles. The van der Waals surface area contributed by atoms with Crippen molar-refractivity contribution in [2.45, 2.75) is 32.4 Å². The fraction of sp³-hybridized carbons (Fsp3) is 0.400. The Bertz CT molecular complexity index is 465. The molecule has 0 radical (unpaired) electrons. The van der Waals surface area contributed by atoms with Crippen LogP contribution >= 0.6 is 0 Å². The first-order chi connectivity index (χ1) is 9.29. The molecule has 102 valence electrons. The summed E-state index contributed by atoms with van der Waals surface area (Å²) in [6.45, 7) is 3.72. The minimum absolute atomic E-state index is 0.121. The third-order valence-electron chi connectivity index (χ3n) is 3.14. The monoisotopic (exact) mass is 259 g/mol. The molecule has 19 heavy (non-hydrogen) atoms. The zero-order valence-electron chi connectivity index (χ0n) is 11.3. The molecule has 0 fully saturated rings. The second-order valence-corrected chi connectivity index (χ2v) is 4.59. The van der Waals surface area contributed by atoms with Crippen molar-refractivity contribution >= 4 is 0 Å². The van der Waals surface area contributed by atoms with Gasteiger partial charge in [0.15, 0.2) is 0 Å². The molecule has 0 unspecified atom stereocenters. The van der Waals surface area contributed by atoms with Crippen LogP contribution in [0.2, 0.25) is 0 Å². The van der Waals surface area contributed by atoms with Crippen molar-refractivity contribution in [1.82, 2.24) is 9.55 Å². The van der Waals surface area contributed by atoms with Crippen LogP contribution in [0.15, 0.2) is 43.0 Å². The minimum atomic E-state index is 0.121. The van der Waals surface area contributed by atoms with E-state index in [1.807, 2.05) is 41.4 Å². The molecule has 1 aromatic carbocycles. The van der Waals surface area contributed by atoms with Crippen molar-refractivity contribution in [3.63, 3.8) is 0 Å². The Labute approximate surface area is 114 Å². The van der Waals surface area contributed by atoms with Gasteiger partial charge in [-0.2, -0.15) is 0 Å². The van der Waals surface area contributed by atoms with Gasteiger partial charge in [0.25, 0.3) is 0 Å². The summed E-state index contributed by atoms with van der Waals surface area (Å²) < 4.78 is 7.75. The quantitative estimate of drug-likeness (QED) is 0.778. The van der Waals surface area contributed by atoms with Crippen LogP contribution < -0.4 is 10.5 Å². The highest BCUT2D eigenvalue weighted by Crippen LogP contribution is 2.18. The first-order valence-corrected chi connectivity index (χ1v) is 6.73. The summed E-state index contributed by atoms with van der Waals surface area (Å²) in [5.74, 6) is 0.901. The van der Waals surface area contributed by atoms with Crippen molar-refractivity contribution in [3.8, 4) is 5.75 Å². The van der Waals surface area contributed by atoms with Crippen LogP contribution in [0.4, 0.5) is 0 Å². The van der Waals surface area contributed by atoms with E-state index in [2.05, 4.69) is 11.9 Å². The van der Waals surface area contributed by atoms with E-state index in [4.69, 9.17) is 10.5 Å². The molecule has 1 aromatic heterocycles. The second kappa shape index (κ2) is 6.95. The lowest BCUT2D eigenvalue weighted by atomic mass is 10.1. The lowest BCUT2D eigenvalue weighted by Crippen LogP contribution is -2.08. The number of ether oxygens (including phenoxy) is 1. The summed E-state index contributed by atoms with van der Waals surface area (Å²) in [6.07, 6.45) is 7.48. The van der Waals surface area contributed by atoms with Crippen LogP contribution in [0.5, 0.6) is 5.75 Å². The van der Waals surface area contributed by atoms with Gasteiger partial charge in [-0.15, -0.1) is 0 Å². The Morgan fingerprint density at radius 1 is 1.32 bits per heavy atom. The van der Waals surface area contributed by atoms with E-state index in [9.17, 15) is 0 Å². The molecule has 0 amide bonds. The summed E-state index contributed by atoms with van der Waals surface area (Å²) in [5, 5.41) is 0. The number of nitrogens with two attached hydrogens (primary N) is 1. The summed E-state index contributed by atoms with van der Waals surface area (Å²) >= 11 is 0. The molecule has 1 heterocycles. The lowest BCUT2D eigenvalue weighted by molar-refractivity contribution is 0.301. The highest BCUT2D eigenvalue weighted by atomic mass is 16.5. The maximum atomic E-state index is 5.97. The fourth-order valence-corrected chi connectivity index (χ4v) is 1.90. The van der Waals surface area contributed by atoms with Crippen molar-refractivity contribution in [2.24, 2.45) is 5.73 Å². The van der Waals surface area contributed by atoms with E-state index in [0.29, 0.717) is 6.61 Å². The van der Waals surface area contributed by atoms with E-state index in [0.717, 1.165) is 30.7 Å². The average Bonchev–Trinajstić information content (AvgIpc) is 2.96. The van der Waals surface area contributed by atoms with E-state index in [1.165, 1.54) is 0 Å². The Hall–Kier alpha value is -1.81. The van der Waals surface area contributed by atoms with Gasteiger partial charge in [-0.25, -0.2) is 4.98 Å². The first-order valence-electron chi connectivity index (χ1n) is 6.73. The lowest BCUT2D eigenvalue weighted by Gasteiger charge is -2.11. The minimum Gasteiger partial charge on any atom is -0.494 e. The van der Waals surface area contributed by atoms with Gasteiger partial charge in [-0.05, 0) is 30.5 Å². The molecule has 4 nitrogen and oxygen atoms in total. The molecule has 2 rings (SSSR count). The molecule has 0 bridgehead atoms. The largest absolute Gasteiger partial charge is 0.494 e. The van der Waals surface area contributed by atoms with Crippen LogP contribution in [0.25, 0.3) is 0 Å². The fourth-order valence-electron chi connectivity index (χ4n) is 1.90. The third-order valence-corrected chi connectivity index (χ3v) is 3.14.